The summed E-state index contributed by atoms with van der Waals surface area (Å²) in [5, 5.41) is 15.6. The smallest absolute Gasteiger partial charge is 0.122 e. The predicted octanol–water partition coefficient (Wildman–Crippen LogP) is 5.72. The van der Waals surface area contributed by atoms with Gasteiger partial charge in [-0.1, -0.05) is 46.2 Å². The van der Waals surface area contributed by atoms with E-state index >= 15 is 0 Å². The Morgan fingerprint density at radius 2 is 1.68 bits per heavy atom. The Kier molecular flexibility index (Phi) is 9.79. The molecule has 5 fully saturated rings. The number of aliphatic hydroxyl groups excluding tert-OH is 1. The lowest BCUT2D eigenvalue weighted by molar-refractivity contribution is -0.127. The van der Waals surface area contributed by atoms with Crippen LogP contribution in [-0.2, 0) is 4.94 Å². The van der Waals surface area contributed by atoms with E-state index in [1.807, 2.05) is 13.8 Å². The Bertz CT molecular complexity index is 794. The molecular weight excluding hydrogens is 467 g/mol. The first-order valence-electron chi connectivity index (χ1n) is 15.1. The van der Waals surface area contributed by atoms with E-state index in [-0.39, 0.29) is 23.6 Å². The number of nitrogens with two attached hydrogens (primary N) is 2. The summed E-state index contributed by atoms with van der Waals surface area (Å²) in [5.74, 6) is 8.80. The van der Waals surface area contributed by atoms with Gasteiger partial charge >= 0.3 is 0 Å². The molecule has 0 aromatic carbocycles. The lowest BCUT2D eigenvalue weighted by Gasteiger charge is -2.65. The second-order valence-corrected chi connectivity index (χ2v) is 13.7. The average molecular weight is 525 g/mol. The molecule has 0 aromatic heterocycles. The highest BCUT2D eigenvalue weighted by Crippen LogP contribution is 2.68. The zero-order valence-electron chi connectivity index (χ0n) is 24.8. The number of halogens is 1. The van der Waals surface area contributed by atoms with Gasteiger partial charge in [-0.05, 0) is 106 Å². The standard InChI is InChI=1S/C22H39N3O.C6H12FNO.C2H6/c1-14-7-10-20(3)16(13-14)8-12-22(23)18-6-5-17(15(2)25-26-24)21(18,4)11-9-19(20)22;1-6(7)2-5(3-9)8-4-6;1-2/h14,16-19H,5-13,23-24H2,1-4H3;5,8-9H,2-4H2,1H3;1-2H3/b25-15+;;. The van der Waals surface area contributed by atoms with Gasteiger partial charge in [-0.25, -0.2) is 4.39 Å². The molecule has 1 aliphatic heterocycles. The van der Waals surface area contributed by atoms with Crippen molar-refractivity contribution in [3.63, 3.8) is 0 Å². The zero-order valence-corrected chi connectivity index (χ0v) is 24.8. The number of rotatable bonds is 3. The van der Waals surface area contributed by atoms with Crippen molar-refractivity contribution in [1.29, 1.82) is 0 Å². The summed E-state index contributed by atoms with van der Waals surface area (Å²) in [5.41, 5.74) is 8.08. The monoisotopic (exact) mass is 524 g/mol. The molecule has 0 spiro atoms. The molecule has 0 bridgehead atoms. The highest BCUT2D eigenvalue weighted by Gasteiger charge is 2.65. The van der Waals surface area contributed by atoms with Gasteiger partial charge in [0.2, 0.25) is 0 Å². The minimum atomic E-state index is -1.10. The van der Waals surface area contributed by atoms with Crippen molar-refractivity contribution in [1.82, 2.24) is 5.32 Å². The minimum absolute atomic E-state index is 0.0113. The first-order valence-corrected chi connectivity index (χ1v) is 15.1. The van der Waals surface area contributed by atoms with Gasteiger partial charge in [0, 0.05) is 24.0 Å². The second kappa shape index (κ2) is 11.8. The number of aliphatic hydroxyl groups is 1. The van der Waals surface area contributed by atoms with Crippen LogP contribution in [0.1, 0.15) is 113 Å². The summed E-state index contributed by atoms with van der Waals surface area (Å²) in [6, 6.07) is -0.0278. The minimum Gasteiger partial charge on any atom is -0.395 e. The van der Waals surface area contributed by atoms with Gasteiger partial charge in [-0.3, -0.25) is 0 Å². The van der Waals surface area contributed by atoms with Crippen LogP contribution in [0.15, 0.2) is 5.16 Å². The van der Waals surface area contributed by atoms with Crippen molar-refractivity contribution in [2.45, 2.75) is 130 Å². The van der Waals surface area contributed by atoms with E-state index in [9.17, 15) is 4.39 Å². The summed E-state index contributed by atoms with van der Waals surface area (Å²) in [7, 11) is 0. The molecular formula is C30H57FN4O2. The van der Waals surface area contributed by atoms with Crippen LogP contribution >= 0.6 is 0 Å². The Balaban J connectivity index is 0.000000291. The molecule has 216 valence electrons. The van der Waals surface area contributed by atoms with Crippen molar-refractivity contribution in [3.8, 4) is 0 Å². The lowest BCUT2D eigenvalue weighted by atomic mass is 9.41. The van der Waals surface area contributed by atoms with Gasteiger partial charge in [0.25, 0.3) is 0 Å². The molecule has 6 N–H and O–H groups in total. The Morgan fingerprint density at radius 1 is 1.03 bits per heavy atom. The molecule has 37 heavy (non-hydrogen) atoms. The highest BCUT2D eigenvalue weighted by atomic mass is 19.1. The molecule has 0 aromatic rings. The van der Waals surface area contributed by atoms with Gasteiger partial charge in [0.05, 0.1) is 12.3 Å². The number of nitrogens with zero attached hydrogens (tertiary/aromatic N) is 1. The second-order valence-electron chi connectivity index (χ2n) is 13.7. The normalized spacial score (nSPS) is 48.9. The number of fused-ring (bicyclic) bond motifs is 5. The number of oxime groups is 1. The fourth-order valence-electron chi connectivity index (χ4n) is 9.67. The maximum atomic E-state index is 12.9. The van der Waals surface area contributed by atoms with Crippen LogP contribution in [0.25, 0.3) is 0 Å². The number of hydrogen-bond acceptors (Lipinski definition) is 6. The third-order valence-corrected chi connectivity index (χ3v) is 11.5. The Labute approximate surface area is 225 Å². The fourth-order valence-corrected chi connectivity index (χ4v) is 9.67. The Hall–Kier alpha value is -0.760. The largest absolute Gasteiger partial charge is 0.395 e. The lowest BCUT2D eigenvalue weighted by Crippen LogP contribution is -2.68. The van der Waals surface area contributed by atoms with E-state index in [0.29, 0.717) is 36.1 Å². The SMILES string of the molecule is C/C(=N\ON)C1CCC2C1(C)CCC1C3(C)CCC(C)CC3CCC12N.CC.CC1(F)CNC(CO)C1. The van der Waals surface area contributed by atoms with Gasteiger partial charge in [0.15, 0.2) is 0 Å². The average Bonchev–Trinajstić information content (AvgIpc) is 3.40. The Morgan fingerprint density at radius 3 is 2.24 bits per heavy atom. The van der Waals surface area contributed by atoms with Crippen LogP contribution in [0.3, 0.4) is 0 Å². The van der Waals surface area contributed by atoms with E-state index in [1.165, 1.54) is 57.8 Å². The quantitative estimate of drug-likeness (QED) is 0.279. The first-order chi connectivity index (χ1) is 17.4. The van der Waals surface area contributed by atoms with Crippen LogP contribution in [0, 0.1) is 40.4 Å². The zero-order chi connectivity index (χ0) is 27.6. The van der Waals surface area contributed by atoms with Gasteiger partial charge in [0.1, 0.15) is 5.67 Å². The maximum absolute atomic E-state index is 12.9. The van der Waals surface area contributed by atoms with Crippen LogP contribution in [0.2, 0.25) is 0 Å². The first kappa shape index (κ1) is 30.8. The number of alkyl halides is 1. The fraction of sp³-hybridized carbons (Fsp3) is 0.967. The van der Waals surface area contributed by atoms with Crippen molar-refractivity contribution in [3.05, 3.63) is 0 Å². The number of hydrogen-bond donors (Lipinski definition) is 4. The van der Waals surface area contributed by atoms with Crippen LogP contribution in [0.5, 0.6) is 0 Å². The number of nitrogens with one attached hydrogen (secondary N) is 1. The molecule has 4 aliphatic carbocycles. The van der Waals surface area contributed by atoms with E-state index < -0.39 is 5.67 Å². The van der Waals surface area contributed by atoms with Gasteiger partial charge in [-0.15, -0.1) is 5.90 Å². The van der Waals surface area contributed by atoms with E-state index in [4.69, 9.17) is 16.7 Å². The molecule has 0 amide bonds. The third-order valence-electron chi connectivity index (χ3n) is 11.5. The third kappa shape index (κ3) is 5.76. The van der Waals surface area contributed by atoms with Gasteiger partial charge < -0.3 is 21.1 Å². The maximum Gasteiger partial charge on any atom is 0.122 e. The van der Waals surface area contributed by atoms with Crippen LogP contribution in [-0.4, -0.2) is 41.2 Å². The van der Waals surface area contributed by atoms with Crippen LogP contribution < -0.4 is 16.9 Å². The molecule has 1 heterocycles. The summed E-state index contributed by atoms with van der Waals surface area (Å²) in [6.07, 6.45) is 12.2. The topological polar surface area (TPSA) is 106 Å². The van der Waals surface area contributed by atoms with Gasteiger partial charge in [-0.2, -0.15) is 0 Å². The van der Waals surface area contributed by atoms with E-state index in [2.05, 4.69) is 43.1 Å². The molecule has 0 radical (unpaired) electrons. The predicted molar refractivity (Wildman–Crippen MR) is 151 cm³/mol. The van der Waals surface area contributed by atoms with Crippen LogP contribution in [0.4, 0.5) is 4.39 Å². The van der Waals surface area contributed by atoms with Crippen molar-refractivity contribution in [2.24, 2.45) is 57.2 Å². The summed E-state index contributed by atoms with van der Waals surface area (Å²) in [6.45, 7) is 15.6. The molecule has 5 rings (SSSR count). The molecule has 6 nitrogen and oxygen atoms in total. The summed E-state index contributed by atoms with van der Waals surface area (Å²) in [4.78, 5) is 4.63. The molecule has 10 unspecified atom stereocenters. The summed E-state index contributed by atoms with van der Waals surface area (Å²) >= 11 is 0. The molecule has 5 aliphatic rings. The molecule has 1 saturated heterocycles. The molecule has 7 heteroatoms. The summed E-state index contributed by atoms with van der Waals surface area (Å²) < 4.78 is 12.9. The van der Waals surface area contributed by atoms with E-state index in [1.54, 1.807) is 6.92 Å². The molecule has 4 saturated carbocycles. The van der Waals surface area contributed by atoms with Crippen molar-refractivity contribution >= 4 is 5.71 Å². The molecule has 10 atom stereocenters. The highest BCUT2D eigenvalue weighted by molar-refractivity contribution is 5.85. The van der Waals surface area contributed by atoms with Crippen molar-refractivity contribution < 1.29 is 14.4 Å². The van der Waals surface area contributed by atoms with E-state index in [0.717, 1.165) is 17.5 Å². The van der Waals surface area contributed by atoms with Crippen molar-refractivity contribution in [2.75, 3.05) is 13.2 Å².